The highest BCUT2D eigenvalue weighted by atomic mass is 16.5. The van der Waals surface area contributed by atoms with Gasteiger partial charge in [0.25, 0.3) is 0 Å². The van der Waals surface area contributed by atoms with E-state index in [9.17, 15) is 4.79 Å². The van der Waals surface area contributed by atoms with Gasteiger partial charge < -0.3 is 9.30 Å². The SMILES string of the molecule is CCCCOC(=O)/C=C/c1cc2ccccc2n1C(C)C. The molecule has 0 bridgehead atoms. The molecule has 3 nitrogen and oxygen atoms in total. The van der Waals surface area contributed by atoms with Crippen molar-refractivity contribution in [1.82, 2.24) is 4.57 Å². The number of hydrogen-bond donors (Lipinski definition) is 0. The van der Waals surface area contributed by atoms with Gasteiger partial charge in [-0.05, 0) is 38.5 Å². The van der Waals surface area contributed by atoms with E-state index in [-0.39, 0.29) is 5.97 Å². The summed E-state index contributed by atoms with van der Waals surface area (Å²) in [7, 11) is 0. The summed E-state index contributed by atoms with van der Waals surface area (Å²) >= 11 is 0. The third kappa shape index (κ3) is 3.75. The highest BCUT2D eigenvalue weighted by Gasteiger charge is 2.09. The Kier molecular flexibility index (Phi) is 5.20. The fourth-order valence-electron chi connectivity index (χ4n) is 2.42. The minimum atomic E-state index is -0.274. The second-order valence-electron chi connectivity index (χ2n) is 5.45. The molecule has 3 heteroatoms. The van der Waals surface area contributed by atoms with Gasteiger partial charge in [0.1, 0.15) is 0 Å². The summed E-state index contributed by atoms with van der Waals surface area (Å²) in [4.78, 5) is 11.7. The third-order valence-corrected chi connectivity index (χ3v) is 3.43. The topological polar surface area (TPSA) is 31.2 Å². The lowest BCUT2D eigenvalue weighted by Gasteiger charge is -2.12. The van der Waals surface area contributed by atoms with Gasteiger partial charge in [-0.1, -0.05) is 31.5 Å². The molecule has 0 saturated carbocycles. The van der Waals surface area contributed by atoms with Gasteiger partial charge in [-0.3, -0.25) is 0 Å². The second kappa shape index (κ2) is 7.11. The van der Waals surface area contributed by atoms with Crippen LogP contribution in [0.25, 0.3) is 17.0 Å². The number of aromatic nitrogens is 1. The average molecular weight is 285 g/mol. The van der Waals surface area contributed by atoms with Gasteiger partial charge in [0.2, 0.25) is 0 Å². The highest BCUT2D eigenvalue weighted by Crippen LogP contribution is 2.24. The zero-order chi connectivity index (χ0) is 15.2. The van der Waals surface area contributed by atoms with E-state index in [0.29, 0.717) is 12.6 Å². The molecule has 0 spiro atoms. The van der Waals surface area contributed by atoms with Crippen LogP contribution in [0.2, 0.25) is 0 Å². The number of ether oxygens (including phenoxy) is 1. The van der Waals surface area contributed by atoms with E-state index in [1.54, 1.807) is 0 Å². The largest absolute Gasteiger partial charge is 0.463 e. The fraction of sp³-hybridized carbons (Fsp3) is 0.389. The summed E-state index contributed by atoms with van der Waals surface area (Å²) in [6.07, 6.45) is 5.29. The monoisotopic (exact) mass is 285 g/mol. The van der Waals surface area contributed by atoms with E-state index in [4.69, 9.17) is 4.74 Å². The van der Waals surface area contributed by atoms with Crippen molar-refractivity contribution >= 4 is 22.9 Å². The number of benzene rings is 1. The molecule has 1 heterocycles. The molecule has 1 aromatic heterocycles. The molecule has 0 saturated heterocycles. The van der Waals surface area contributed by atoms with Crippen LogP contribution in [-0.2, 0) is 9.53 Å². The summed E-state index contributed by atoms with van der Waals surface area (Å²) in [6.45, 7) is 6.85. The van der Waals surface area contributed by atoms with E-state index in [1.165, 1.54) is 17.0 Å². The summed E-state index contributed by atoms with van der Waals surface area (Å²) in [5.74, 6) is -0.274. The molecule has 0 fully saturated rings. The van der Waals surface area contributed by atoms with E-state index in [0.717, 1.165) is 18.5 Å². The molecule has 0 aliphatic rings. The number of esters is 1. The van der Waals surface area contributed by atoms with Crippen LogP contribution >= 0.6 is 0 Å². The van der Waals surface area contributed by atoms with E-state index in [1.807, 2.05) is 18.2 Å². The lowest BCUT2D eigenvalue weighted by atomic mass is 10.2. The number of carbonyl (C=O) groups is 1. The molecule has 0 aliphatic carbocycles. The van der Waals surface area contributed by atoms with Crippen LogP contribution < -0.4 is 0 Å². The van der Waals surface area contributed by atoms with Gasteiger partial charge in [-0.25, -0.2) is 4.79 Å². The smallest absolute Gasteiger partial charge is 0.330 e. The van der Waals surface area contributed by atoms with Crippen molar-refractivity contribution in [2.24, 2.45) is 0 Å². The summed E-state index contributed by atoms with van der Waals surface area (Å²) in [5.41, 5.74) is 2.21. The molecule has 2 aromatic rings. The second-order valence-corrected chi connectivity index (χ2v) is 5.45. The predicted octanol–water partition coefficient (Wildman–Crippen LogP) is 4.58. The molecular formula is C18H23NO2. The van der Waals surface area contributed by atoms with Gasteiger partial charge in [0.15, 0.2) is 0 Å². The number of rotatable bonds is 6. The Balaban J connectivity index is 2.21. The van der Waals surface area contributed by atoms with Gasteiger partial charge in [-0.15, -0.1) is 0 Å². The van der Waals surface area contributed by atoms with Crippen LogP contribution in [0.4, 0.5) is 0 Å². The molecule has 0 amide bonds. The molecule has 0 aliphatic heterocycles. The van der Waals surface area contributed by atoms with E-state index < -0.39 is 0 Å². The van der Waals surface area contributed by atoms with E-state index >= 15 is 0 Å². The Labute approximate surface area is 126 Å². The van der Waals surface area contributed by atoms with Crippen LogP contribution in [0.1, 0.15) is 45.3 Å². The molecule has 21 heavy (non-hydrogen) atoms. The summed E-state index contributed by atoms with van der Waals surface area (Å²) in [6, 6.07) is 10.7. The van der Waals surface area contributed by atoms with Crippen LogP contribution in [0.15, 0.2) is 36.4 Å². The molecule has 0 atom stereocenters. The molecular weight excluding hydrogens is 262 g/mol. The number of carbonyl (C=O) groups excluding carboxylic acids is 1. The Morgan fingerprint density at radius 3 is 2.81 bits per heavy atom. The Morgan fingerprint density at radius 2 is 2.10 bits per heavy atom. The highest BCUT2D eigenvalue weighted by molar-refractivity contribution is 5.89. The minimum Gasteiger partial charge on any atom is -0.463 e. The van der Waals surface area contributed by atoms with Gasteiger partial charge >= 0.3 is 5.97 Å². The molecule has 2 rings (SSSR count). The van der Waals surface area contributed by atoms with Crippen LogP contribution in [0.3, 0.4) is 0 Å². The quantitative estimate of drug-likeness (QED) is 0.442. The average Bonchev–Trinajstić information content (AvgIpc) is 2.83. The maximum Gasteiger partial charge on any atom is 0.330 e. The first-order valence-corrected chi connectivity index (χ1v) is 7.58. The molecule has 1 aromatic carbocycles. The number of para-hydroxylation sites is 1. The first-order valence-electron chi connectivity index (χ1n) is 7.58. The summed E-state index contributed by atoms with van der Waals surface area (Å²) < 4.78 is 7.37. The number of fused-ring (bicyclic) bond motifs is 1. The zero-order valence-corrected chi connectivity index (χ0v) is 13.0. The first-order chi connectivity index (χ1) is 10.1. The van der Waals surface area contributed by atoms with Crippen LogP contribution in [-0.4, -0.2) is 17.1 Å². The van der Waals surface area contributed by atoms with Crippen molar-refractivity contribution in [2.45, 2.75) is 39.7 Å². The van der Waals surface area contributed by atoms with Gasteiger partial charge in [0, 0.05) is 28.7 Å². The van der Waals surface area contributed by atoms with Crippen LogP contribution in [0, 0.1) is 0 Å². The lowest BCUT2D eigenvalue weighted by molar-refractivity contribution is -0.137. The van der Waals surface area contributed by atoms with Gasteiger partial charge in [-0.2, -0.15) is 0 Å². The number of hydrogen-bond acceptors (Lipinski definition) is 2. The Bertz CT molecular complexity index is 638. The van der Waals surface area contributed by atoms with Crippen molar-refractivity contribution in [1.29, 1.82) is 0 Å². The van der Waals surface area contributed by atoms with Crippen molar-refractivity contribution in [3.63, 3.8) is 0 Å². The molecule has 0 N–H and O–H groups in total. The standard InChI is InChI=1S/C18H23NO2/c1-4-5-12-21-18(20)11-10-16-13-15-8-6-7-9-17(15)19(16)14(2)3/h6-11,13-14H,4-5,12H2,1-3H3/b11-10+. The molecule has 0 radical (unpaired) electrons. The number of nitrogens with zero attached hydrogens (tertiary/aromatic N) is 1. The fourth-order valence-corrected chi connectivity index (χ4v) is 2.42. The maximum atomic E-state index is 11.7. The van der Waals surface area contributed by atoms with Crippen molar-refractivity contribution in [3.05, 3.63) is 42.1 Å². The van der Waals surface area contributed by atoms with E-state index in [2.05, 4.69) is 43.5 Å². The first kappa shape index (κ1) is 15.4. The normalized spacial score (nSPS) is 11.6. The maximum absolute atomic E-state index is 11.7. The molecule has 112 valence electrons. The third-order valence-electron chi connectivity index (χ3n) is 3.43. The minimum absolute atomic E-state index is 0.274. The number of unbranched alkanes of at least 4 members (excludes halogenated alkanes) is 1. The van der Waals surface area contributed by atoms with Crippen molar-refractivity contribution in [3.8, 4) is 0 Å². The lowest BCUT2D eigenvalue weighted by Crippen LogP contribution is -2.04. The zero-order valence-electron chi connectivity index (χ0n) is 13.0. The molecule has 0 unspecified atom stereocenters. The van der Waals surface area contributed by atoms with Gasteiger partial charge in [0.05, 0.1) is 6.61 Å². The summed E-state index contributed by atoms with van der Waals surface area (Å²) in [5, 5.41) is 1.19. The van der Waals surface area contributed by atoms with Crippen molar-refractivity contribution < 1.29 is 9.53 Å². The Hall–Kier alpha value is -2.03. The predicted molar refractivity (Wildman–Crippen MR) is 87.2 cm³/mol. The van der Waals surface area contributed by atoms with Crippen molar-refractivity contribution in [2.75, 3.05) is 6.61 Å². The Morgan fingerprint density at radius 1 is 1.33 bits per heavy atom. The van der Waals surface area contributed by atoms with Crippen LogP contribution in [0.5, 0.6) is 0 Å².